The lowest BCUT2D eigenvalue weighted by Gasteiger charge is -2.43. The van der Waals surface area contributed by atoms with E-state index in [1.807, 2.05) is 37.3 Å². The predicted octanol–water partition coefficient (Wildman–Crippen LogP) is 4.48. The monoisotopic (exact) mass is 453 g/mol. The first-order valence-electron chi connectivity index (χ1n) is 9.83. The molecule has 2 amide bonds. The third-order valence-corrected chi connectivity index (χ3v) is 6.35. The van der Waals surface area contributed by atoms with Gasteiger partial charge in [-0.25, -0.2) is 4.79 Å². The van der Waals surface area contributed by atoms with Gasteiger partial charge >= 0.3 is 6.09 Å². The van der Waals surface area contributed by atoms with Crippen LogP contribution >= 0.6 is 23.2 Å². The number of amides is 2. The van der Waals surface area contributed by atoms with Crippen molar-refractivity contribution in [3.8, 4) is 0 Å². The quantitative estimate of drug-likeness (QED) is 0.600. The number of H-pyrrole nitrogens is 1. The van der Waals surface area contributed by atoms with Crippen LogP contribution in [0.3, 0.4) is 0 Å². The van der Waals surface area contributed by atoms with Gasteiger partial charge in [0, 0.05) is 12.2 Å². The Balaban J connectivity index is 1.81. The normalized spacial score (nSPS) is 21.5. The van der Waals surface area contributed by atoms with Crippen LogP contribution in [0.15, 0.2) is 30.3 Å². The standard InChI is InChI=1S/C21H25Cl2N3O4/c1-3-15-19(30-11-13-7-5-4-6-8-13)14(9-10-26(15)21(28)29)25-20(27)18-17(23)16(22)12(2)24-18/h4-8,14-15,19,24H,3,9-11H2,1-2H3,(H,25,27)(H,28,29)/t14-,15?,19+/m1/s1. The number of nitrogens with one attached hydrogen (secondary N) is 2. The maximum Gasteiger partial charge on any atom is 0.407 e. The van der Waals surface area contributed by atoms with Crippen LogP contribution in [0.5, 0.6) is 0 Å². The molecule has 1 saturated heterocycles. The van der Waals surface area contributed by atoms with E-state index in [-0.39, 0.29) is 22.8 Å². The van der Waals surface area contributed by atoms with Gasteiger partial charge in [0.1, 0.15) is 5.69 Å². The number of hydrogen-bond acceptors (Lipinski definition) is 3. The van der Waals surface area contributed by atoms with E-state index in [4.69, 9.17) is 27.9 Å². The van der Waals surface area contributed by atoms with Crippen LogP contribution < -0.4 is 5.32 Å². The minimum Gasteiger partial charge on any atom is -0.465 e. The second-order valence-electron chi connectivity index (χ2n) is 7.33. The molecule has 1 aliphatic heterocycles. The number of carbonyl (C=O) groups is 2. The van der Waals surface area contributed by atoms with Gasteiger partial charge in [-0.3, -0.25) is 4.79 Å². The first kappa shape index (κ1) is 22.5. The number of benzene rings is 1. The van der Waals surface area contributed by atoms with Crippen molar-refractivity contribution in [2.24, 2.45) is 0 Å². The van der Waals surface area contributed by atoms with Crippen molar-refractivity contribution in [2.45, 2.75) is 51.5 Å². The number of aromatic nitrogens is 1. The molecule has 1 aromatic carbocycles. The number of likely N-dealkylation sites (tertiary alicyclic amines) is 1. The van der Waals surface area contributed by atoms with Crippen molar-refractivity contribution in [1.82, 2.24) is 15.2 Å². The minimum atomic E-state index is -0.991. The van der Waals surface area contributed by atoms with E-state index in [9.17, 15) is 14.7 Å². The predicted molar refractivity (Wildman–Crippen MR) is 115 cm³/mol. The number of halogens is 2. The minimum absolute atomic E-state index is 0.170. The fourth-order valence-corrected chi connectivity index (χ4v) is 4.28. The Morgan fingerprint density at radius 2 is 1.97 bits per heavy atom. The van der Waals surface area contributed by atoms with Crippen LogP contribution in [0, 0.1) is 6.92 Å². The highest BCUT2D eigenvalue weighted by Crippen LogP contribution is 2.30. The summed E-state index contributed by atoms with van der Waals surface area (Å²) in [5.41, 5.74) is 1.77. The van der Waals surface area contributed by atoms with Gasteiger partial charge in [0.05, 0.1) is 34.8 Å². The molecule has 0 radical (unpaired) electrons. The smallest absolute Gasteiger partial charge is 0.407 e. The van der Waals surface area contributed by atoms with Crippen molar-refractivity contribution in [3.63, 3.8) is 0 Å². The summed E-state index contributed by atoms with van der Waals surface area (Å²) in [6.45, 7) is 4.27. The SMILES string of the molecule is CCC1[C@@H](OCc2ccccc2)[C@H](NC(=O)c2[nH]c(C)c(Cl)c2Cl)CCN1C(=O)O. The fraction of sp³-hybridized carbons (Fsp3) is 0.429. The second-order valence-corrected chi connectivity index (χ2v) is 8.09. The average molecular weight is 454 g/mol. The summed E-state index contributed by atoms with van der Waals surface area (Å²) >= 11 is 12.3. The Hall–Kier alpha value is -2.22. The lowest BCUT2D eigenvalue weighted by molar-refractivity contribution is -0.0615. The zero-order valence-electron chi connectivity index (χ0n) is 16.8. The highest BCUT2D eigenvalue weighted by Gasteiger charge is 2.41. The molecule has 1 aromatic heterocycles. The molecule has 1 unspecified atom stereocenters. The molecule has 9 heteroatoms. The first-order valence-corrected chi connectivity index (χ1v) is 10.6. The number of hydrogen-bond donors (Lipinski definition) is 3. The number of aryl methyl sites for hydroxylation is 1. The largest absolute Gasteiger partial charge is 0.465 e. The van der Waals surface area contributed by atoms with Crippen molar-refractivity contribution in [2.75, 3.05) is 6.54 Å². The first-order chi connectivity index (χ1) is 14.3. The number of ether oxygens (including phenoxy) is 1. The van der Waals surface area contributed by atoms with Crippen LogP contribution in [0.4, 0.5) is 4.79 Å². The third-order valence-electron chi connectivity index (χ3n) is 5.40. The van der Waals surface area contributed by atoms with E-state index in [0.29, 0.717) is 36.7 Å². The Bertz CT molecular complexity index is 903. The molecular formula is C21H25Cl2N3O4. The summed E-state index contributed by atoms with van der Waals surface area (Å²) < 4.78 is 6.17. The molecule has 2 aromatic rings. The van der Waals surface area contributed by atoms with Gasteiger partial charge in [0.2, 0.25) is 0 Å². The molecule has 3 atom stereocenters. The molecule has 0 saturated carbocycles. The molecule has 7 nitrogen and oxygen atoms in total. The zero-order chi connectivity index (χ0) is 21.8. The van der Waals surface area contributed by atoms with Crippen molar-refractivity contribution < 1.29 is 19.4 Å². The molecular weight excluding hydrogens is 429 g/mol. The summed E-state index contributed by atoms with van der Waals surface area (Å²) in [6.07, 6.45) is -0.505. The highest BCUT2D eigenvalue weighted by molar-refractivity contribution is 6.44. The highest BCUT2D eigenvalue weighted by atomic mass is 35.5. The van der Waals surface area contributed by atoms with E-state index in [1.165, 1.54) is 4.90 Å². The average Bonchev–Trinajstić information content (AvgIpc) is 3.00. The lowest BCUT2D eigenvalue weighted by Crippen LogP contribution is -2.61. The third kappa shape index (κ3) is 4.74. The van der Waals surface area contributed by atoms with Gasteiger partial charge in [0.15, 0.2) is 0 Å². The van der Waals surface area contributed by atoms with Gasteiger partial charge in [0.25, 0.3) is 5.91 Å². The van der Waals surface area contributed by atoms with Gasteiger partial charge < -0.3 is 25.0 Å². The number of nitrogens with zero attached hydrogens (tertiary/aromatic N) is 1. The van der Waals surface area contributed by atoms with Crippen molar-refractivity contribution in [3.05, 3.63) is 57.3 Å². The van der Waals surface area contributed by atoms with E-state index < -0.39 is 18.1 Å². The van der Waals surface area contributed by atoms with Crippen molar-refractivity contribution in [1.29, 1.82) is 0 Å². The molecule has 0 spiro atoms. The van der Waals surface area contributed by atoms with Gasteiger partial charge in [-0.2, -0.15) is 0 Å². The van der Waals surface area contributed by atoms with E-state index in [1.54, 1.807) is 6.92 Å². The maximum absolute atomic E-state index is 12.9. The van der Waals surface area contributed by atoms with Crippen molar-refractivity contribution >= 4 is 35.2 Å². The molecule has 1 aliphatic rings. The van der Waals surface area contributed by atoms with E-state index in [2.05, 4.69) is 10.3 Å². The molecule has 0 aliphatic carbocycles. The summed E-state index contributed by atoms with van der Waals surface area (Å²) in [5, 5.41) is 13.1. The Morgan fingerprint density at radius 1 is 1.27 bits per heavy atom. The molecule has 30 heavy (non-hydrogen) atoms. The van der Waals surface area contributed by atoms with Crippen LogP contribution in [0.1, 0.15) is 41.5 Å². The lowest BCUT2D eigenvalue weighted by atomic mass is 9.91. The molecule has 2 heterocycles. The number of rotatable bonds is 6. The molecule has 3 rings (SSSR count). The van der Waals surface area contributed by atoms with E-state index >= 15 is 0 Å². The Kier molecular flexibility index (Phi) is 7.28. The number of carbonyl (C=O) groups excluding carboxylic acids is 1. The van der Waals surface area contributed by atoms with Gasteiger partial charge in [-0.15, -0.1) is 0 Å². The summed E-state index contributed by atoms with van der Waals surface area (Å²) in [4.78, 5) is 28.9. The summed E-state index contributed by atoms with van der Waals surface area (Å²) in [7, 11) is 0. The fourth-order valence-electron chi connectivity index (χ4n) is 3.86. The molecule has 1 fully saturated rings. The summed E-state index contributed by atoms with van der Waals surface area (Å²) in [6, 6.07) is 8.88. The molecule has 0 bridgehead atoms. The van der Waals surface area contributed by atoms with E-state index in [0.717, 1.165) is 5.56 Å². The van der Waals surface area contributed by atoms with Crippen LogP contribution in [0.25, 0.3) is 0 Å². The topological polar surface area (TPSA) is 94.7 Å². The molecule has 3 N–H and O–H groups in total. The Labute approximate surface area is 185 Å². The number of piperidine rings is 1. The Morgan fingerprint density at radius 3 is 2.53 bits per heavy atom. The van der Waals surface area contributed by atoms with Crippen LogP contribution in [-0.4, -0.2) is 51.7 Å². The second kappa shape index (κ2) is 9.73. The van der Waals surface area contributed by atoms with Gasteiger partial charge in [-0.05, 0) is 25.3 Å². The summed E-state index contributed by atoms with van der Waals surface area (Å²) in [5.74, 6) is -0.396. The maximum atomic E-state index is 12.9. The molecule has 162 valence electrons. The number of aromatic amines is 1. The zero-order valence-corrected chi connectivity index (χ0v) is 18.3. The van der Waals surface area contributed by atoms with Gasteiger partial charge in [-0.1, -0.05) is 60.5 Å². The number of carboxylic acid groups (broad SMARTS) is 1. The van der Waals surface area contributed by atoms with Crippen LogP contribution in [-0.2, 0) is 11.3 Å². The van der Waals surface area contributed by atoms with Crippen LogP contribution in [0.2, 0.25) is 10.0 Å².